The first-order valence-corrected chi connectivity index (χ1v) is 14.6. The number of aromatic nitrogens is 3. The maximum atomic E-state index is 12.1. The highest BCUT2D eigenvalue weighted by atomic mass is 31.3. The SMILES string of the molecule is CCOC1CC(n2cc(C#CCN)c3c(N)ncnc32)OC1COP(=O)(O)OP(=O)(O)OP(=O)(O)O. The summed E-state index contributed by atoms with van der Waals surface area (Å²) in [7, 11) is -16.5. The van der Waals surface area contributed by atoms with Crippen molar-refractivity contribution in [3.63, 3.8) is 0 Å². The first-order valence-electron chi connectivity index (χ1n) is 10.1. The summed E-state index contributed by atoms with van der Waals surface area (Å²) < 4.78 is 59.7. The molecule has 20 heteroatoms. The number of nitrogens with two attached hydrogens (primary N) is 2. The van der Waals surface area contributed by atoms with Gasteiger partial charge in [0.15, 0.2) is 0 Å². The van der Waals surface area contributed by atoms with E-state index in [2.05, 4.69) is 30.4 Å². The zero-order chi connectivity index (χ0) is 26.7. The van der Waals surface area contributed by atoms with E-state index < -0.39 is 48.5 Å². The molecule has 1 saturated heterocycles. The van der Waals surface area contributed by atoms with Crippen LogP contribution in [-0.4, -0.2) is 66.1 Å². The second-order valence-electron chi connectivity index (χ2n) is 7.16. The fourth-order valence-electron chi connectivity index (χ4n) is 3.45. The number of hydrogen-bond donors (Lipinski definition) is 6. The number of rotatable bonds is 10. The molecule has 0 aliphatic carbocycles. The summed E-state index contributed by atoms with van der Waals surface area (Å²) in [5.74, 6) is 5.80. The largest absolute Gasteiger partial charge is 0.490 e. The van der Waals surface area contributed by atoms with Gasteiger partial charge in [0, 0.05) is 19.2 Å². The average molecular weight is 571 g/mol. The number of ether oxygens (including phenoxy) is 2. The van der Waals surface area contributed by atoms with Crippen LogP contribution in [-0.2, 0) is 36.3 Å². The lowest BCUT2D eigenvalue weighted by Crippen LogP contribution is -2.29. The van der Waals surface area contributed by atoms with Crippen LogP contribution in [0.3, 0.4) is 0 Å². The van der Waals surface area contributed by atoms with E-state index in [0.29, 0.717) is 16.6 Å². The van der Waals surface area contributed by atoms with Crippen LogP contribution in [0, 0.1) is 11.8 Å². The molecule has 36 heavy (non-hydrogen) atoms. The van der Waals surface area contributed by atoms with Gasteiger partial charge in [-0.15, -0.1) is 0 Å². The maximum absolute atomic E-state index is 12.1. The second-order valence-corrected chi connectivity index (χ2v) is 11.6. The monoisotopic (exact) mass is 571 g/mol. The molecule has 5 atom stereocenters. The molecule has 1 fully saturated rings. The standard InChI is InChI=1S/C16H24N5O12P3/c1-2-29-11-6-13(21-7-10(4-3-5-17)14-15(18)19-9-20-16(14)21)31-12(11)8-30-35(25,26)33-36(27,28)32-34(22,23)24/h7,9,11-13H,2,5-6,8,17H2,1H3,(H,25,26)(H,27,28)(H2,18,19,20)(H2,22,23,24). The Bertz CT molecular complexity index is 1300. The van der Waals surface area contributed by atoms with Gasteiger partial charge in [0.1, 0.15) is 30.1 Å². The molecule has 0 amide bonds. The highest BCUT2D eigenvalue weighted by molar-refractivity contribution is 7.66. The van der Waals surface area contributed by atoms with Gasteiger partial charge in [0.2, 0.25) is 0 Å². The average Bonchev–Trinajstić information content (AvgIpc) is 3.30. The number of phosphoric ester groups is 1. The van der Waals surface area contributed by atoms with E-state index in [1.165, 1.54) is 6.33 Å². The molecule has 0 spiro atoms. The number of nitrogens with zero attached hydrogens (tertiary/aromatic N) is 3. The van der Waals surface area contributed by atoms with Crippen molar-refractivity contribution in [3.05, 3.63) is 18.1 Å². The fourth-order valence-corrected chi connectivity index (χ4v) is 6.48. The molecule has 2 aromatic heterocycles. The quantitative estimate of drug-likeness (QED) is 0.166. The van der Waals surface area contributed by atoms with Crippen LogP contribution < -0.4 is 11.5 Å². The Labute approximate surface area is 204 Å². The van der Waals surface area contributed by atoms with Gasteiger partial charge in [-0.2, -0.15) is 8.62 Å². The van der Waals surface area contributed by atoms with Crippen molar-refractivity contribution in [2.45, 2.75) is 31.8 Å². The second kappa shape index (κ2) is 11.3. The van der Waals surface area contributed by atoms with Crippen molar-refractivity contribution < 1.29 is 55.9 Å². The Morgan fingerprint density at radius 3 is 2.56 bits per heavy atom. The summed E-state index contributed by atoms with van der Waals surface area (Å²) >= 11 is 0. The number of fused-ring (bicyclic) bond motifs is 1. The Morgan fingerprint density at radius 2 is 1.92 bits per heavy atom. The summed E-state index contributed by atoms with van der Waals surface area (Å²) in [6.07, 6.45) is 0.765. The number of nitrogen functional groups attached to an aromatic ring is 1. The lowest BCUT2D eigenvalue weighted by Gasteiger charge is -2.21. The summed E-state index contributed by atoms with van der Waals surface area (Å²) in [4.78, 5) is 44.5. The summed E-state index contributed by atoms with van der Waals surface area (Å²) in [6.45, 7) is 1.41. The van der Waals surface area contributed by atoms with Crippen LogP contribution in [0.1, 0.15) is 25.1 Å². The van der Waals surface area contributed by atoms with Gasteiger partial charge in [-0.25, -0.2) is 23.7 Å². The zero-order valence-electron chi connectivity index (χ0n) is 18.6. The van der Waals surface area contributed by atoms with Crippen LogP contribution >= 0.6 is 23.5 Å². The van der Waals surface area contributed by atoms with Gasteiger partial charge in [-0.1, -0.05) is 11.8 Å². The van der Waals surface area contributed by atoms with E-state index in [1.54, 1.807) is 17.7 Å². The minimum atomic E-state index is -5.65. The number of hydrogen-bond acceptors (Lipinski definition) is 12. The lowest BCUT2D eigenvalue weighted by atomic mass is 10.2. The van der Waals surface area contributed by atoms with Crippen molar-refractivity contribution in [2.24, 2.45) is 5.73 Å². The molecule has 2 aromatic rings. The molecule has 3 heterocycles. The number of phosphoric acid groups is 3. The molecule has 17 nitrogen and oxygen atoms in total. The Hall–Kier alpha value is -1.73. The van der Waals surface area contributed by atoms with Crippen LogP contribution in [0.2, 0.25) is 0 Å². The lowest BCUT2D eigenvalue weighted by molar-refractivity contribution is -0.0572. The number of anilines is 1. The van der Waals surface area contributed by atoms with E-state index in [1.807, 2.05) is 0 Å². The highest BCUT2D eigenvalue weighted by Crippen LogP contribution is 2.66. The minimum absolute atomic E-state index is 0.106. The molecule has 1 aliphatic rings. The summed E-state index contributed by atoms with van der Waals surface area (Å²) in [5.41, 5.74) is 12.4. The van der Waals surface area contributed by atoms with Crippen LogP contribution in [0.25, 0.3) is 11.0 Å². The normalized spacial score (nSPS) is 23.7. The molecule has 3 rings (SSSR count). The van der Waals surface area contributed by atoms with Crippen molar-refractivity contribution in [1.29, 1.82) is 0 Å². The Balaban J connectivity index is 1.80. The smallest absolute Gasteiger partial charge is 0.383 e. The first kappa shape index (κ1) is 28.8. The van der Waals surface area contributed by atoms with E-state index in [-0.39, 0.29) is 25.4 Å². The highest BCUT2D eigenvalue weighted by Gasteiger charge is 2.43. The van der Waals surface area contributed by atoms with Gasteiger partial charge >= 0.3 is 23.5 Å². The Kier molecular flexibility index (Phi) is 9.08. The topological polar surface area (TPSA) is 261 Å². The molecule has 0 radical (unpaired) electrons. The van der Waals surface area contributed by atoms with E-state index in [9.17, 15) is 23.5 Å². The molecule has 0 saturated carbocycles. The van der Waals surface area contributed by atoms with Gasteiger partial charge in [0.25, 0.3) is 0 Å². The van der Waals surface area contributed by atoms with Crippen molar-refractivity contribution in [3.8, 4) is 11.8 Å². The molecular weight excluding hydrogens is 547 g/mol. The first-order chi connectivity index (χ1) is 16.8. The van der Waals surface area contributed by atoms with Crippen LogP contribution in [0.15, 0.2) is 12.5 Å². The molecule has 0 bridgehead atoms. The van der Waals surface area contributed by atoms with Gasteiger partial charge < -0.3 is 45.1 Å². The van der Waals surface area contributed by atoms with Crippen molar-refractivity contribution in [2.75, 3.05) is 25.5 Å². The van der Waals surface area contributed by atoms with E-state index >= 15 is 0 Å². The fraction of sp³-hybridized carbons (Fsp3) is 0.500. The third-order valence-electron chi connectivity index (χ3n) is 4.65. The van der Waals surface area contributed by atoms with E-state index in [0.717, 1.165) is 0 Å². The third kappa shape index (κ3) is 7.41. The van der Waals surface area contributed by atoms with Crippen LogP contribution in [0.4, 0.5) is 5.82 Å². The van der Waals surface area contributed by atoms with Crippen molar-refractivity contribution >= 4 is 40.3 Å². The summed E-state index contributed by atoms with van der Waals surface area (Å²) in [5, 5.41) is 0.478. The van der Waals surface area contributed by atoms with Gasteiger partial charge in [-0.3, -0.25) is 4.52 Å². The Morgan fingerprint density at radius 1 is 1.19 bits per heavy atom. The van der Waals surface area contributed by atoms with Crippen molar-refractivity contribution in [1.82, 2.24) is 14.5 Å². The molecule has 0 aromatic carbocycles. The molecule has 1 aliphatic heterocycles. The minimum Gasteiger partial charge on any atom is -0.383 e. The molecule has 8 N–H and O–H groups in total. The molecule has 5 unspecified atom stereocenters. The van der Waals surface area contributed by atoms with E-state index in [4.69, 9.17) is 35.3 Å². The zero-order valence-corrected chi connectivity index (χ0v) is 21.3. The van der Waals surface area contributed by atoms with Gasteiger partial charge in [0.05, 0.1) is 30.2 Å². The maximum Gasteiger partial charge on any atom is 0.490 e. The van der Waals surface area contributed by atoms with Crippen LogP contribution in [0.5, 0.6) is 0 Å². The summed E-state index contributed by atoms with van der Waals surface area (Å²) in [6, 6.07) is 0. The molecule has 200 valence electrons. The predicted octanol–water partition coefficient (Wildman–Crippen LogP) is 0.360. The third-order valence-corrected chi connectivity index (χ3v) is 8.46. The molecular formula is C16H24N5O12P3. The van der Waals surface area contributed by atoms with Gasteiger partial charge in [-0.05, 0) is 6.92 Å². The predicted molar refractivity (Wildman–Crippen MR) is 122 cm³/mol.